The number of rotatable bonds is 9. The molecule has 3 aliphatic heterocycles. The summed E-state index contributed by atoms with van der Waals surface area (Å²) in [6, 6.07) is 0. The van der Waals surface area contributed by atoms with Crippen molar-refractivity contribution in [1.29, 1.82) is 0 Å². The number of carboxylic acid groups (broad SMARTS) is 1. The minimum atomic E-state index is -1.97. The fourth-order valence-electron chi connectivity index (χ4n) is 15.0. The quantitative estimate of drug-likeness (QED) is 0.0838. The number of allylic oxidation sites excluding steroid dienone is 2. The summed E-state index contributed by atoms with van der Waals surface area (Å²) < 4.78 is 35.2. The Balaban J connectivity index is 1.03. The van der Waals surface area contributed by atoms with Gasteiger partial charge in [0.05, 0.1) is 24.7 Å². The number of fused-ring (bicyclic) bond motifs is 7. The summed E-state index contributed by atoms with van der Waals surface area (Å²) in [5.41, 5.74) is -0.975. The van der Waals surface area contributed by atoms with Gasteiger partial charge in [-0.1, -0.05) is 60.1 Å². The second kappa shape index (κ2) is 18.0. The van der Waals surface area contributed by atoms with Gasteiger partial charge in [0, 0.05) is 0 Å². The lowest BCUT2D eigenvalue weighted by Gasteiger charge is -2.71. The molecule has 382 valence electrons. The Hall–Kier alpha value is -1.92. The number of esters is 1. The van der Waals surface area contributed by atoms with Crippen LogP contribution >= 0.6 is 0 Å². The number of ether oxygens (including phenoxy) is 6. The van der Waals surface area contributed by atoms with Gasteiger partial charge in [-0.2, -0.15) is 0 Å². The van der Waals surface area contributed by atoms with Crippen molar-refractivity contribution in [2.75, 3.05) is 13.2 Å². The predicted molar refractivity (Wildman–Crippen MR) is 231 cm³/mol. The third-order valence-electron chi connectivity index (χ3n) is 19.3. The molecule has 5 aliphatic carbocycles. The number of carboxylic acids is 1. The van der Waals surface area contributed by atoms with Crippen molar-refractivity contribution in [3.05, 3.63) is 11.6 Å². The maximum atomic E-state index is 14.7. The first-order valence-corrected chi connectivity index (χ1v) is 24.3. The van der Waals surface area contributed by atoms with Gasteiger partial charge in [0.25, 0.3) is 0 Å². The van der Waals surface area contributed by atoms with Crippen LogP contribution in [0.15, 0.2) is 11.6 Å². The molecule has 8 rings (SSSR count). The molecule has 23 atom stereocenters. The van der Waals surface area contributed by atoms with E-state index in [-0.39, 0.29) is 39.4 Å². The molecule has 19 nitrogen and oxygen atoms in total. The van der Waals surface area contributed by atoms with Gasteiger partial charge in [0.2, 0.25) is 6.29 Å². The number of aliphatic carboxylic acids is 1. The van der Waals surface area contributed by atoms with E-state index < -0.39 is 134 Å². The van der Waals surface area contributed by atoms with E-state index in [0.29, 0.717) is 25.7 Å². The van der Waals surface area contributed by atoms with Crippen LogP contribution in [-0.4, -0.2) is 180 Å². The van der Waals surface area contributed by atoms with Crippen molar-refractivity contribution in [3.8, 4) is 0 Å². The van der Waals surface area contributed by atoms with Gasteiger partial charge in [0.15, 0.2) is 18.7 Å². The normalized spacial score (nSPS) is 52.6. The van der Waals surface area contributed by atoms with Crippen LogP contribution in [0.25, 0.3) is 0 Å². The van der Waals surface area contributed by atoms with Gasteiger partial charge in [-0.05, 0) is 109 Å². The summed E-state index contributed by atoms with van der Waals surface area (Å²) in [5.74, 6) is -1.91. The zero-order valence-electron chi connectivity index (χ0n) is 39.7. The minimum Gasteiger partial charge on any atom is -0.479 e. The largest absolute Gasteiger partial charge is 0.479 e. The van der Waals surface area contributed by atoms with Crippen molar-refractivity contribution in [3.63, 3.8) is 0 Å². The van der Waals surface area contributed by atoms with E-state index >= 15 is 0 Å². The predicted octanol–water partition coefficient (Wildman–Crippen LogP) is 0.233. The minimum absolute atomic E-state index is 0.0786. The van der Waals surface area contributed by atoms with Crippen molar-refractivity contribution in [2.24, 2.45) is 50.2 Å². The van der Waals surface area contributed by atoms with E-state index in [1.807, 2.05) is 0 Å². The Morgan fingerprint density at radius 2 is 1.22 bits per heavy atom. The average Bonchev–Trinajstić information content (AvgIpc) is 3.26. The number of carbonyl (C=O) groups excluding carboxylic acids is 1. The van der Waals surface area contributed by atoms with Crippen LogP contribution in [-0.2, 0) is 38.0 Å². The molecule has 8 aliphatic rings. The Morgan fingerprint density at radius 1 is 0.642 bits per heavy atom. The zero-order chi connectivity index (χ0) is 49.1. The molecule has 7 fully saturated rings. The molecule has 0 bridgehead atoms. The molecular formula is C48H76O19. The monoisotopic (exact) mass is 956 g/mol. The molecule has 0 aromatic heterocycles. The van der Waals surface area contributed by atoms with Gasteiger partial charge >= 0.3 is 11.9 Å². The molecule has 67 heavy (non-hydrogen) atoms. The molecule has 3 heterocycles. The fourth-order valence-corrected chi connectivity index (χ4v) is 15.0. The second-order valence-corrected chi connectivity index (χ2v) is 23.5. The molecule has 0 spiro atoms. The maximum Gasteiger partial charge on any atom is 0.335 e. The Kier molecular flexibility index (Phi) is 13.8. The second-order valence-electron chi connectivity index (χ2n) is 23.5. The van der Waals surface area contributed by atoms with E-state index in [9.17, 15) is 65.8 Å². The molecule has 19 heteroatoms. The van der Waals surface area contributed by atoms with Crippen molar-refractivity contribution < 1.29 is 94.2 Å². The summed E-state index contributed by atoms with van der Waals surface area (Å²) in [5, 5.41) is 115. The topological polar surface area (TPSA) is 312 Å². The highest BCUT2D eigenvalue weighted by Gasteiger charge is 2.70. The van der Waals surface area contributed by atoms with Crippen LogP contribution in [0.4, 0.5) is 0 Å². The lowest BCUT2D eigenvalue weighted by atomic mass is 9.33. The SMILES string of the molecule is CC1(C)CCC2(C(=O)OC3OC(CO)C(O)C(O)C3O)CCC3(C)C(=CCC4C5(C)CCC(OC6OC(C(=O)O)C(O)C(OC7OC(CO)C(O)C(O)C7O)C6O)C(C)(C)C5CCC43C)C2C1. The average molecular weight is 957 g/mol. The fraction of sp³-hybridized carbons (Fsp3) is 0.917. The standard InChI is InChI=1S/C48H76O19/c1-43(2)14-16-48(42(61)67-40-33(56)31(54)29(52)24(20-50)63-40)17-15-46(6)21(22(48)18-43)8-9-26-45(5)12-11-27(44(3,4)25(45)10-13-47(26,46)7)64-41-35(58)36(34(57)37(66-41)38(59)60)65-39-32(55)30(53)28(51)23(19-49)62-39/h8,22-37,39-41,49-58H,9-20H2,1-7H3,(H,59,60). The van der Waals surface area contributed by atoms with E-state index in [2.05, 4.69) is 54.5 Å². The first kappa shape index (κ1) is 51.4. The van der Waals surface area contributed by atoms with Gasteiger partial charge < -0.3 is 84.6 Å². The van der Waals surface area contributed by atoms with Crippen LogP contribution in [0.2, 0.25) is 0 Å². The smallest absolute Gasteiger partial charge is 0.335 e. The molecule has 11 N–H and O–H groups in total. The van der Waals surface area contributed by atoms with Crippen LogP contribution in [0, 0.1) is 50.2 Å². The number of aliphatic hydroxyl groups is 10. The van der Waals surface area contributed by atoms with Crippen LogP contribution < -0.4 is 0 Å². The molecule has 0 aromatic rings. The molecule has 0 amide bonds. The Labute approximate surface area is 391 Å². The van der Waals surface area contributed by atoms with Gasteiger partial charge in [-0.3, -0.25) is 4.79 Å². The molecule has 23 unspecified atom stereocenters. The van der Waals surface area contributed by atoms with Gasteiger partial charge in [0.1, 0.15) is 67.1 Å². The molecule has 0 radical (unpaired) electrons. The van der Waals surface area contributed by atoms with Crippen molar-refractivity contribution in [1.82, 2.24) is 0 Å². The van der Waals surface area contributed by atoms with Crippen LogP contribution in [0.5, 0.6) is 0 Å². The summed E-state index contributed by atoms with van der Waals surface area (Å²) >= 11 is 0. The Morgan fingerprint density at radius 3 is 1.84 bits per heavy atom. The molecule has 4 saturated carbocycles. The highest BCUT2D eigenvalue weighted by atomic mass is 16.7. The van der Waals surface area contributed by atoms with Gasteiger partial charge in [-0.25, -0.2) is 4.79 Å². The van der Waals surface area contributed by atoms with E-state index in [1.54, 1.807) is 0 Å². The van der Waals surface area contributed by atoms with E-state index in [1.165, 1.54) is 5.57 Å². The van der Waals surface area contributed by atoms with Gasteiger partial charge in [-0.15, -0.1) is 0 Å². The molecule has 0 aromatic carbocycles. The number of hydrogen-bond donors (Lipinski definition) is 11. The van der Waals surface area contributed by atoms with Crippen LogP contribution in [0.1, 0.15) is 113 Å². The summed E-state index contributed by atoms with van der Waals surface area (Å²) in [4.78, 5) is 27.1. The van der Waals surface area contributed by atoms with Crippen molar-refractivity contribution in [2.45, 2.75) is 211 Å². The first-order chi connectivity index (χ1) is 31.2. The van der Waals surface area contributed by atoms with Crippen LogP contribution in [0.3, 0.4) is 0 Å². The summed E-state index contributed by atoms with van der Waals surface area (Å²) in [7, 11) is 0. The number of aliphatic hydroxyl groups excluding tert-OH is 10. The lowest BCUT2D eigenvalue weighted by Crippen LogP contribution is -2.67. The number of carbonyl (C=O) groups is 2. The van der Waals surface area contributed by atoms with E-state index in [4.69, 9.17) is 28.4 Å². The third kappa shape index (κ3) is 8.06. The zero-order valence-corrected chi connectivity index (χ0v) is 39.7. The summed E-state index contributed by atoms with van der Waals surface area (Å²) in [6.07, 6.45) is -16.4. The maximum absolute atomic E-state index is 14.7. The third-order valence-corrected chi connectivity index (χ3v) is 19.3. The summed E-state index contributed by atoms with van der Waals surface area (Å²) in [6.45, 7) is 14.4. The molecule has 3 saturated heterocycles. The number of hydrogen-bond acceptors (Lipinski definition) is 18. The highest BCUT2D eigenvalue weighted by Crippen LogP contribution is 2.76. The lowest BCUT2D eigenvalue weighted by molar-refractivity contribution is -0.365. The van der Waals surface area contributed by atoms with Crippen molar-refractivity contribution >= 4 is 11.9 Å². The molecular weight excluding hydrogens is 881 g/mol. The Bertz CT molecular complexity index is 1870. The highest BCUT2D eigenvalue weighted by molar-refractivity contribution is 5.79. The van der Waals surface area contributed by atoms with E-state index in [0.717, 1.165) is 38.5 Å². The first-order valence-electron chi connectivity index (χ1n) is 24.3.